The number of rotatable bonds is 3. The first-order chi connectivity index (χ1) is 6.60. The maximum absolute atomic E-state index is 13.3. The summed E-state index contributed by atoms with van der Waals surface area (Å²) in [7, 11) is 1.39. The molecule has 1 N–H and O–H groups in total. The quantitative estimate of drug-likeness (QED) is 0.845. The van der Waals surface area contributed by atoms with Gasteiger partial charge in [0.15, 0.2) is 11.6 Å². The summed E-state index contributed by atoms with van der Waals surface area (Å²) in [5.74, 6) is -0.551. The predicted octanol–water partition coefficient (Wildman–Crippen LogP) is 2.58. The van der Waals surface area contributed by atoms with Crippen molar-refractivity contribution in [1.29, 1.82) is 0 Å². The molecule has 0 fully saturated rings. The lowest BCUT2D eigenvalue weighted by Gasteiger charge is -2.14. The van der Waals surface area contributed by atoms with E-state index in [9.17, 15) is 4.39 Å². The van der Waals surface area contributed by atoms with Gasteiger partial charge in [0.05, 0.1) is 7.11 Å². The van der Waals surface area contributed by atoms with Crippen LogP contribution in [0.3, 0.4) is 0 Å². The lowest BCUT2D eigenvalue weighted by atomic mass is 10.0. The van der Waals surface area contributed by atoms with Gasteiger partial charge >= 0.3 is 0 Å². The smallest absolute Gasteiger partial charge is 0.166 e. The molecule has 14 heavy (non-hydrogen) atoms. The van der Waals surface area contributed by atoms with Crippen molar-refractivity contribution in [2.24, 2.45) is 0 Å². The van der Waals surface area contributed by atoms with Crippen molar-refractivity contribution in [2.45, 2.75) is 12.8 Å². The van der Waals surface area contributed by atoms with Crippen molar-refractivity contribution in [3.8, 4) is 5.75 Å². The van der Waals surface area contributed by atoms with Crippen LogP contribution in [0.2, 0.25) is 5.02 Å². The van der Waals surface area contributed by atoms with Crippen LogP contribution in [0.4, 0.5) is 4.39 Å². The van der Waals surface area contributed by atoms with E-state index in [1.807, 2.05) is 0 Å². The first-order valence-corrected chi connectivity index (χ1v) is 4.61. The molecule has 1 unspecified atom stereocenters. The highest BCUT2D eigenvalue weighted by Gasteiger charge is 2.15. The van der Waals surface area contributed by atoms with Crippen LogP contribution < -0.4 is 4.74 Å². The van der Waals surface area contributed by atoms with Gasteiger partial charge in [0.2, 0.25) is 0 Å². The molecule has 1 aromatic rings. The van der Waals surface area contributed by atoms with E-state index in [0.717, 1.165) is 0 Å². The van der Waals surface area contributed by atoms with Crippen molar-refractivity contribution in [3.05, 3.63) is 28.5 Å². The molecular formula is C10H12ClFO2. The SMILES string of the molecule is COc1c(F)cc(Cl)cc1C(C)CO. The van der Waals surface area contributed by atoms with Crippen molar-refractivity contribution in [3.63, 3.8) is 0 Å². The predicted molar refractivity (Wildman–Crippen MR) is 53.5 cm³/mol. The summed E-state index contributed by atoms with van der Waals surface area (Å²) in [5.41, 5.74) is 0.583. The molecule has 4 heteroatoms. The molecule has 0 radical (unpaired) electrons. The maximum atomic E-state index is 13.3. The zero-order chi connectivity index (χ0) is 10.7. The highest BCUT2D eigenvalue weighted by Crippen LogP contribution is 2.32. The van der Waals surface area contributed by atoms with E-state index in [0.29, 0.717) is 10.6 Å². The van der Waals surface area contributed by atoms with E-state index in [1.54, 1.807) is 13.0 Å². The van der Waals surface area contributed by atoms with Crippen LogP contribution >= 0.6 is 11.6 Å². The molecule has 1 rings (SSSR count). The Morgan fingerprint density at radius 3 is 2.71 bits per heavy atom. The number of hydrogen-bond donors (Lipinski definition) is 1. The summed E-state index contributed by atoms with van der Waals surface area (Å²) in [6, 6.07) is 2.79. The average Bonchev–Trinajstić information content (AvgIpc) is 2.15. The molecule has 0 saturated carbocycles. The second-order valence-electron chi connectivity index (χ2n) is 3.09. The van der Waals surface area contributed by atoms with Gasteiger partial charge in [-0.2, -0.15) is 0 Å². The normalized spacial score (nSPS) is 12.6. The first kappa shape index (κ1) is 11.3. The van der Waals surface area contributed by atoms with E-state index in [4.69, 9.17) is 21.4 Å². The summed E-state index contributed by atoms with van der Waals surface area (Å²) in [6.07, 6.45) is 0. The van der Waals surface area contributed by atoms with Crippen LogP contribution in [0.1, 0.15) is 18.4 Å². The molecule has 0 spiro atoms. The van der Waals surface area contributed by atoms with Crippen LogP contribution in [-0.2, 0) is 0 Å². The van der Waals surface area contributed by atoms with Crippen LogP contribution in [0.25, 0.3) is 0 Å². The number of ether oxygens (including phenoxy) is 1. The number of benzene rings is 1. The van der Waals surface area contributed by atoms with Gasteiger partial charge < -0.3 is 9.84 Å². The molecule has 0 heterocycles. The van der Waals surface area contributed by atoms with Crippen LogP contribution in [0.5, 0.6) is 5.75 Å². The lowest BCUT2D eigenvalue weighted by Crippen LogP contribution is -2.03. The molecule has 1 atom stereocenters. The van der Waals surface area contributed by atoms with Gasteiger partial charge in [-0.25, -0.2) is 4.39 Å². The fourth-order valence-corrected chi connectivity index (χ4v) is 1.47. The number of hydrogen-bond acceptors (Lipinski definition) is 2. The van der Waals surface area contributed by atoms with E-state index in [-0.39, 0.29) is 18.3 Å². The molecule has 1 aromatic carbocycles. The van der Waals surface area contributed by atoms with Crippen LogP contribution in [-0.4, -0.2) is 18.8 Å². The summed E-state index contributed by atoms with van der Waals surface area (Å²) in [6.45, 7) is 1.70. The van der Waals surface area contributed by atoms with Gasteiger partial charge in [-0.15, -0.1) is 0 Å². The topological polar surface area (TPSA) is 29.5 Å². The summed E-state index contributed by atoms with van der Waals surface area (Å²) in [4.78, 5) is 0. The van der Waals surface area contributed by atoms with Crippen molar-refractivity contribution >= 4 is 11.6 Å². The second-order valence-corrected chi connectivity index (χ2v) is 3.53. The summed E-state index contributed by atoms with van der Waals surface area (Å²) < 4.78 is 18.2. The van der Waals surface area contributed by atoms with E-state index in [2.05, 4.69) is 0 Å². The highest BCUT2D eigenvalue weighted by atomic mass is 35.5. The van der Waals surface area contributed by atoms with Crippen LogP contribution in [0, 0.1) is 5.82 Å². The number of aliphatic hydroxyl groups is 1. The Balaban J connectivity index is 3.24. The molecule has 0 aromatic heterocycles. The van der Waals surface area contributed by atoms with Gasteiger partial charge in [-0.1, -0.05) is 18.5 Å². The lowest BCUT2D eigenvalue weighted by molar-refractivity contribution is 0.268. The zero-order valence-corrected chi connectivity index (χ0v) is 8.81. The number of aliphatic hydroxyl groups excluding tert-OH is 1. The minimum Gasteiger partial charge on any atom is -0.493 e. The fraction of sp³-hybridized carbons (Fsp3) is 0.400. The molecule has 0 aliphatic heterocycles. The Morgan fingerprint density at radius 2 is 2.21 bits per heavy atom. The second kappa shape index (κ2) is 4.62. The summed E-state index contributed by atoms with van der Waals surface area (Å²) in [5, 5.41) is 9.27. The Hall–Kier alpha value is -0.800. The third-order valence-corrected chi connectivity index (χ3v) is 2.26. The Morgan fingerprint density at radius 1 is 1.57 bits per heavy atom. The molecule has 2 nitrogen and oxygen atoms in total. The summed E-state index contributed by atoms with van der Waals surface area (Å²) >= 11 is 5.70. The molecule has 0 aliphatic rings. The van der Waals surface area contributed by atoms with Crippen LogP contribution in [0.15, 0.2) is 12.1 Å². The highest BCUT2D eigenvalue weighted by molar-refractivity contribution is 6.30. The Kier molecular flexibility index (Phi) is 3.72. The van der Waals surface area contributed by atoms with Gasteiger partial charge in [0, 0.05) is 23.1 Å². The van der Waals surface area contributed by atoms with Crippen molar-refractivity contribution in [2.75, 3.05) is 13.7 Å². The van der Waals surface area contributed by atoms with E-state index in [1.165, 1.54) is 13.2 Å². The monoisotopic (exact) mass is 218 g/mol. The minimum absolute atomic E-state index is 0.0733. The van der Waals surface area contributed by atoms with Gasteiger partial charge in [0.1, 0.15) is 0 Å². The first-order valence-electron chi connectivity index (χ1n) is 4.24. The third-order valence-electron chi connectivity index (χ3n) is 2.05. The van der Waals surface area contributed by atoms with Crippen molar-refractivity contribution in [1.82, 2.24) is 0 Å². The maximum Gasteiger partial charge on any atom is 0.166 e. The molecule has 0 saturated heterocycles. The minimum atomic E-state index is -0.504. The molecule has 0 bridgehead atoms. The molecule has 0 aliphatic carbocycles. The van der Waals surface area contributed by atoms with Crippen molar-refractivity contribution < 1.29 is 14.2 Å². The zero-order valence-electron chi connectivity index (χ0n) is 8.05. The van der Waals surface area contributed by atoms with Gasteiger partial charge in [-0.05, 0) is 12.1 Å². The van der Waals surface area contributed by atoms with Gasteiger partial charge in [-0.3, -0.25) is 0 Å². The largest absolute Gasteiger partial charge is 0.493 e. The molecular weight excluding hydrogens is 207 g/mol. The molecule has 78 valence electrons. The Bertz CT molecular complexity index is 328. The van der Waals surface area contributed by atoms with Gasteiger partial charge in [0.25, 0.3) is 0 Å². The average molecular weight is 219 g/mol. The standard InChI is InChI=1S/C10H12ClFO2/c1-6(5-13)8-3-7(11)4-9(12)10(8)14-2/h3-4,6,13H,5H2,1-2H3. The Labute approximate surface area is 87.3 Å². The van der Waals surface area contributed by atoms with E-state index >= 15 is 0 Å². The number of halogens is 2. The third kappa shape index (κ3) is 2.16. The number of methoxy groups -OCH3 is 1. The fourth-order valence-electron chi connectivity index (χ4n) is 1.26. The molecule has 0 amide bonds. The van der Waals surface area contributed by atoms with E-state index < -0.39 is 5.82 Å².